The summed E-state index contributed by atoms with van der Waals surface area (Å²) >= 11 is 9.11. The van der Waals surface area contributed by atoms with Gasteiger partial charge in [0.05, 0.1) is 20.6 Å². The predicted molar refractivity (Wildman–Crippen MR) is 91.1 cm³/mol. The van der Waals surface area contributed by atoms with Crippen LogP contribution in [0.3, 0.4) is 0 Å². The molecule has 120 valence electrons. The van der Waals surface area contributed by atoms with Crippen LogP contribution in [-0.4, -0.2) is 17.4 Å². The van der Waals surface area contributed by atoms with Gasteiger partial charge in [0.1, 0.15) is 5.75 Å². The Morgan fingerprint density at radius 3 is 2.78 bits per heavy atom. The largest absolute Gasteiger partial charge is 0.483 e. The molecule has 2 rings (SSSR count). The maximum Gasteiger partial charge on any atom is 0.274 e. The lowest BCUT2D eigenvalue weighted by Gasteiger charge is -2.10. The molecule has 0 unspecified atom stereocenters. The second-order valence-corrected chi connectivity index (χ2v) is 5.91. The summed E-state index contributed by atoms with van der Waals surface area (Å²) in [6.07, 6.45) is 0. The van der Waals surface area contributed by atoms with E-state index >= 15 is 0 Å². The van der Waals surface area contributed by atoms with Crippen molar-refractivity contribution in [1.29, 1.82) is 0 Å². The third-order valence-corrected chi connectivity index (χ3v) is 3.88. The summed E-state index contributed by atoms with van der Waals surface area (Å²) in [5.41, 5.74) is 0.714. The molecule has 0 radical (unpaired) electrons. The fraction of sp³-hybridized carbons (Fsp3) is 0.133. The third kappa shape index (κ3) is 4.43. The van der Waals surface area contributed by atoms with E-state index in [1.807, 2.05) is 0 Å². The number of amides is 1. The highest BCUT2D eigenvalue weighted by atomic mass is 79.9. The molecule has 23 heavy (non-hydrogen) atoms. The van der Waals surface area contributed by atoms with E-state index in [-0.39, 0.29) is 12.3 Å². The van der Waals surface area contributed by atoms with Crippen molar-refractivity contribution in [3.8, 4) is 5.75 Å². The van der Waals surface area contributed by atoms with Crippen molar-refractivity contribution in [3.05, 3.63) is 61.6 Å². The number of anilines is 1. The number of nitro groups is 1. The molecule has 0 fully saturated rings. The monoisotopic (exact) mass is 398 g/mol. The number of carbonyl (C=O) groups is 1. The van der Waals surface area contributed by atoms with Crippen molar-refractivity contribution in [2.45, 2.75) is 6.92 Å². The Balaban J connectivity index is 2.03. The van der Waals surface area contributed by atoms with Gasteiger partial charge in [0.15, 0.2) is 6.61 Å². The second-order valence-electron chi connectivity index (χ2n) is 4.62. The fourth-order valence-electron chi connectivity index (χ4n) is 1.88. The van der Waals surface area contributed by atoms with E-state index in [4.69, 9.17) is 16.3 Å². The third-order valence-electron chi connectivity index (χ3n) is 3.03. The van der Waals surface area contributed by atoms with Gasteiger partial charge in [0, 0.05) is 11.1 Å². The van der Waals surface area contributed by atoms with E-state index in [1.165, 1.54) is 12.1 Å². The Morgan fingerprint density at radius 1 is 1.39 bits per heavy atom. The van der Waals surface area contributed by atoms with E-state index in [0.29, 0.717) is 26.5 Å². The molecule has 0 aromatic heterocycles. The molecule has 2 aromatic rings. The summed E-state index contributed by atoms with van der Waals surface area (Å²) in [5, 5.41) is 14.0. The lowest BCUT2D eigenvalue weighted by molar-refractivity contribution is -0.385. The number of benzene rings is 2. The van der Waals surface area contributed by atoms with Gasteiger partial charge in [-0.3, -0.25) is 14.9 Å². The minimum atomic E-state index is -0.494. The summed E-state index contributed by atoms with van der Waals surface area (Å²) in [6, 6.07) is 9.42. The number of rotatable bonds is 5. The molecule has 0 atom stereocenters. The summed E-state index contributed by atoms with van der Waals surface area (Å²) < 4.78 is 6.02. The van der Waals surface area contributed by atoms with Crippen LogP contribution in [0.25, 0.3) is 0 Å². The van der Waals surface area contributed by atoms with Gasteiger partial charge >= 0.3 is 0 Å². The highest BCUT2D eigenvalue weighted by molar-refractivity contribution is 9.10. The van der Waals surface area contributed by atoms with Gasteiger partial charge in [0.2, 0.25) is 0 Å². The smallest absolute Gasteiger partial charge is 0.274 e. The molecule has 0 aliphatic carbocycles. The topological polar surface area (TPSA) is 81.5 Å². The first-order valence-electron chi connectivity index (χ1n) is 6.50. The molecule has 8 heteroatoms. The Kier molecular flexibility index (Phi) is 5.57. The van der Waals surface area contributed by atoms with Gasteiger partial charge < -0.3 is 10.1 Å². The van der Waals surface area contributed by atoms with Gasteiger partial charge in [0.25, 0.3) is 11.6 Å². The first-order valence-corrected chi connectivity index (χ1v) is 7.67. The Labute approximate surface area is 145 Å². The van der Waals surface area contributed by atoms with Gasteiger partial charge in [-0.2, -0.15) is 0 Å². The standard InChI is InChI=1S/C15H12BrClN2O4/c1-9-12(3-2-4-13(9)19(21)22)18-15(20)8-23-14-6-5-10(17)7-11(14)16/h2-7H,8H2,1H3,(H,18,20). The number of carbonyl (C=O) groups excluding carboxylic acids is 1. The van der Waals surface area contributed by atoms with Crippen LogP contribution in [-0.2, 0) is 4.79 Å². The number of nitro benzene ring substituents is 1. The predicted octanol–water partition coefficient (Wildman–Crippen LogP) is 4.34. The van der Waals surface area contributed by atoms with Crippen molar-refractivity contribution in [2.24, 2.45) is 0 Å². The van der Waals surface area contributed by atoms with Crippen molar-refractivity contribution < 1.29 is 14.5 Å². The number of halogens is 2. The molecule has 1 amide bonds. The van der Waals surface area contributed by atoms with Crippen LogP contribution in [0.5, 0.6) is 5.75 Å². The Hall–Kier alpha value is -2.12. The van der Waals surface area contributed by atoms with Gasteiger partial charge in [-0.25, -0.2) is 0 Å². The molecule has 0 aliphatic heterocycles. The summed E-state index contributed by atoms with van der Waals surface area (Å²) in [7, 11) is 0. The highest BCUT2D eigenvalue weighted by Crippen LogP contribution is 2.28. The quantitative estimate of drug-likeness (QED) is 0.599. The van der Waals surface area contributed by atoms with Gasteiger partial charge in [-0.15, -0.1) is 0 Å². The molecular formula is C15H12BrClN2O4. The normalized spacial score (nSPS) is 10.2. The molecule has 0 aliphatic rings. The van der Waals surface area contributed by atoms with Gasteiger partial charge in [-0.1, -0.05) is 17.7 Å². The Bertz CT molecular complexity index is 767. The molecule has 0 spiro atoms. The zero-order valence-electron chi connectivity index (χ0n) is 12.0. The number of hydrogen-bond acceptors (Lipinski definition) is 4. The lowest BCUT2D eigenvalue weighted by atomic mass is 10.1. The van der Waals surface area contributed by atoms with Crippen LogP contribution in [0, 0.1) is 17.0 Å². The first-order chi connectivity index (χ1) is 10.9. The highest BCUT2D eigenvalue weighted by Gasteiger charge is 2.15. The van der Waals surface area contributed by atoms with Crippen molar-refractivity contribution in [1.82, 2.24) is 0 Å². The van der Waals surface area contributed by atoms with E-state index in [1.54, 1.807) is 31.2 Å². The molecule has 0 saturated carbocycles. The van der Waals surface area contributed by atoms with Crippen molar-refractivity contribution in [2.75, 3.05) is 11.9 Å². The molecular weight excluding hydrogens is 388 g/mol. The van der Waals surface area contributed by atoms with Crippen LogP contribution in [0.4, 0.5) is 11.4 Å². The molecule has 0 heterocycles. The van der Waals surface area contributed by atoms with E-state index < -0.39 is 10.8 Å². The molecule has 0 bridgehead atoms. The molecule has 0 saturated heterocycles. The Morgan fingerprint density at radius 2 is 2.13 bits per heavy atom. The number of hydrogen-bond donors (Lipinski definition) is 1. The minimum Gasteiger partial charge on any atom is -0.483 e. The fourth-order valence-corrected chi connectivity index (χ4v) is 2.68. The zero-order valence-corrected chi connectivity index (χ0v) is 14.3. The van der Waals surface area contributed by atoms with E-state index in [0.717, 1.165) is 0 Å². The maximum atomic E-state index is 12.0. The minimum absolute atomic E-state index is 0.0517. The number of ether oxygens (including phenoxy) is 1. The van der Waals surface area contributed by atoms with Crippen LogP contribution in [0.2, 0.25) is 5.02 Å². The van der Waals surface area contributed by atoms with Crippen LogP contribution >= 0.6 is 27.5 Å². The number of nitrogens with one attached hydrogen (secondary N) is 1. The first kappa shape index (κ1) is 17.2. The number of nitrogens with zero attached hydrogens (tertiary/aromatic N) is 1. The maximum absolute atomic E-state index is 12.0. The van der Waals surface area contributed by atoms with Crippen LogP contribution in [0.15, 0.2) is 40.9 Å². The van der Waals surface area contributed by atoms with Crippen LogP contribution < -0.4 is 10.1 Å². The zero-order chi connectivity index (χ0) is 17.0. The summed E-state index contributed by atoms with van der Waals surface area (Å²) in [6.45, 7) is 1.34. The lowest BCUT2D eigenvalue weighted by Crippen LogP contribution is -2.21. The average Bonchev–Trinajstić information content (AvgIpc) is 2.48. The molecule has 2 aromatic carbocycles. The SMILES string of the molecule is Cc1c(NC(=O)COc2ccc(Cl)cc2Br)cccc1[N+](=O)[O-]. The van der Waals surface area contributed by atoms with Gasteiger partial charge in [-0.05, 0) is 47.1 Å². The average molecular weight is 400 g/mol. The van der Waals surface area contributed by atoms with Crippen molar-refractivity contribution in [3.63, 3.8) is 0 Å². The van der Waals surface area contributed by atoms with E-state index in [9.17, 15) is 14.9 Å². The molecule has 6 nitrogen and oxygen atoms in total. The molecule has 1 N–H and O–H groups in total. The summed E-state index contributed by atoms with van der Waals surface area (Å²) in [5.74, 6) is 0.0516. The van der Waals surface area contributed by atoms with Crippen molar-refractivity contribution >= 4 is 44.8 Å². The van der Waals surface area contributed by atoms with E-state index in [2.05, 4.69) is 21.2 Å². The van der Waals surface area contributed by atoms with Crippen LogP contribution in [0.1, 0.15) is 5.56 Å². The summed E-state index contributed by atoms with van der Waals surface area (Å²) in [4.78, 5) is 22.3. The second kappa shape index (κ2) is 7.43.